The number of imide groups is 4. The maximum Gasteiger partial charge on any atom is 0.306 e. The SMILES string of the molecule is CCCOCCOCCOCCOCCOCCNC(=O)COc1cccc2c1C(=O)N(C1CCC(=O)NC1=O)C2=O.Cc1sc2c(c1C)C(c1ccc(Cl)cc1)=N[C@@H](CC(=O)NCCOCCOCCOCCOCCOCCNC(=O)COc1cccc3c1C(=O)N(C1CCC(=O)NC1=O)C3=O)c1nnc(C)n1-2.Cc1sc2c(c1C)C(c1ccc(Cl)cc1)=N[C@@H](CC(=O)O)c1nnc(C)n1-2. The Kier molecular flexibility index (Phi) is 39.1. The van der Waals surface area contributed by atoms with E-state index in [0.29, 0.717) is 141 Å². The van der Waals surface area contributed by atoms with E-state index in [9.17, 15) is 62.6 Å². The molecule has 4 atom stereocenters. The lowest BCUT2D eigenvalue weighted by molar-refractivity contribution is -0.138. The van der Waals surface area contributed by atoms with Gasteiger partial charge in [-0.05, 0) is 120 Å². The Bertz CT molecular complexity index is 5720. The van der Waals surface area contributed by atoms with Gasteiger partial charge in [0, 0.05) is 81.1 Å². The van der Waals surface area contributed by atoms with Gasteiger partial charge in [0.15, 0.2) is 24.9 Å². The van der Waals surface area contributed by atoms with Crippen LogP contribution < -0.4 is 36.1 Å². The van der Waals surface area contributed by atoms with Crippen LogP contribution in [0.4, 0.5) is 0 Å². The van der Waals surface area contributed by atoms with Gasteiger partial charge in [0.1, 0.15) is 57.3 Å². The van der Waals surface area contributed by atoms with Crippen molar-refractivity contribution in [1.29, 1.82) is 0 Å². The fourth-order valence-electron chi connectivity index (χ4n) is 15.2. The number of nitrogens with one attached hydrogen (secondary N) is 5. The number of aromatic nitrogens is 6. The van der Waals surface area contributed by atoms with Crippen molar-refractivity contribution in [2.45, 2.75) is 118 Å². The summed E-state index contributed by atoms with van der Waals surface area (Å²) in [6, 6.07) is 20.5. The Morgan fingerprint density at radius 3 is 1.10 bits per heavy atom. The quantitative estimate of drug-likeness (QED) is 0.0160. The standard InChI is InChI=1S/C46H53ClN8O12S.C28H39N3O11.C19H17ClN4O2S/c1-27-28(2)68-46-39(27)41(30-7-9-31(47)10-8-30)50-33(42-53-52-29(3)54(42)46)25-37(57)48-13-15-62-17-19-64-21-23-66-24-22-65-20-18-63-16-14-49-38(58)26-67-35-6-4-5-32-40(35)45(61)55(44(32)60)34-11-12-36(56)51-43(34)59;1-2-9-37-11-13-39-15-17-41-18-16-40-14-12-38-10-8-29-24(33)19-42-22-5-3-4-20-25(22)28(36)31(27(20)35)21-6-7-23(32)30-26(21)34;1-9-10(2)27-19-16(9)17(12-4-6-13(20)7-5-12)21-14(8-15(25)26)18-23-22-11(3)24(18)19/h4-10,33-34H,11-26H2,1-3H3,(H,48,57)(H,49,58)(H,51,56,59);3-5,21H,2,6-19H2,1H3,(H,29,33)(H,30,32,34);4-7,14H,8H2,1-3H3,(H,25,26)/t33-,34?;;14-/m0.0/s1. The number of nitrogens with zero attached hydrogens (tertiary/aromatic N) is 10. The zero-order valence-corrected chi connectivity index (χ0v) is 80.0. The van der Waals surface area contributed by atoms with Crippen LogP contribution in [-0.4, -0.2) is 304 Å². The number of hydrogen-bond acceptors (Lipinski definition) is 32. The van der Waals surface area contributed by atoms with Crippen LogP contribution in [0.25, 0.3) is 10.0 Å². The van der Waals surface area contributed by atoms with E-state index in [-0.39, 0.29) is 104 Å². The van der Waals surface area contributed by atoms with Crippen molar-refractivity contribution in [2.24, 2.45) is 9.98 Å². The van der Waals surface area contributed by atoms with E-state index in [1.165, 1.54) is 46.2 Å². The van der Waals surface area contributed by atoms with Crippen molar-refractivity contribution in [1.82, 2.24) is 65.9 Å². The second-order valence-corrected chi connectivity index (χ2v) is 34.9. The van der Waals surface area contributed by atoms with Gasteiger partial charge in [0.25, 0.3) is 35.4 Å². The van der Waals surface area contributed by atoms with Crippen molar-refractivity contribution in [3.05, 3.63) is 184 Å². The van der Waals surface area contributed by atoms with Crippen molar-refractivity contribution in [2.75, 3.05) is 165 Å². The van der Waals surface area contributed by atoms with Crippen molar-refractivity contribution >= 4 is 128 Å². The number of benzene rings is 4. The van der Waals surface area contributed by atoms with Gasteiger partial charge >= 0.3 is 5.97 Å². The Balaban J connectivity index is 0.000000206. The number of carbonyl (C=O) groups excluding carboxylic acids is 11. The van der Waals surface area contributed by atoms with Crippen LogP contribution in [0.1, 0.15) is 172 Å². The third kappa shape index (κ3) is 27.6. The molecular weight excluding hydrogens is 1860 g/mol. The Morgan fingerprint density at radius 2 is 0.759 bits per heavy atom. The minimum atomic E-state index is -1.11. The molecule has 0 saturated carbocycles. The molecule has 0 radical (unpaired) electrons. The fourth-order valence-corrected chi connectivity index (χ4v) is 17.9. The molecule has 40 nitrogen and oxygen atoms in total. The molecule has 14 rings (SSSR count). The topological polar surface area (TPSA) is 489 Å². The van der Waals surface area contributed by atoms with Gasteiger partial charge in [0.05, 0.1) is 172 Å². The number of aryl methyl sites for hydroxylation is 4. The first kappa shape index (κ1) is 104. The van der Waals surface area contributed by atoms with E-state index in [0.717, 1.165) is 89.3 Å². The predicted molar refractivity (Wildman–Crippen MR) is 498 cm³/mol. The van der Waals surface area contributed by atoms with Gasteiger partial charge in [0.2, 0.25) is 29.5 Å². The lowest BCUT2D eigenvalue weighted by Gasteiger charge is -2.27. The number of piperidine rings is 2. The Labute approximate surface area is 806 Å². The van der Waals surface area contributed by atoms with Gasteiger partial charge in [-0.15, -0.1) is 43.1 Å². The van der Waals surface area contributed by atoms with Crippen LogP contribution in [0, 0.1) is 41.5 Å². The summed E-state index contributed by atoms with van der Waals surface area (Å²) in [5.41, 5.74) is 7.67. The average Bonchev–Trinajstić information content (AvgIpc) is 1.60. The fraction of sp³-hybridized carbons (Fsp3) is 0.462. The number of hydrogen-bond donors (Lipinski definition) is 6. The summed E-state index contributed by atoms with van der Waals surface area (Å²) in [7, 11) is 0. The normalized spacial score (nSPS) is 16.3. The number of carboxylic acids is 1. The zero-order valence-electron chi connectivity index (χ0n) is 76.8. The number of ether oxygens (including phenoxy) is 12. The highest BCUT2D eigenvalue weighted by molar-refractivity contribution is 7.15. The van der Waals surface area contributed by atoms with Gasteiger partial charge in [-0.3, -0.25) is 97.1 Å². The van der Waals surface area contributed by atoms with E-state index in [1.54, 1.807) is 22.7 Å². The van der Waals surface area contributed by atoms with Crippen molar-refractivity contribution in [3.8, 4) is 21.5 Å². The average molecular weight is 1970 g/mol. The first-order valence-corrected chi connectivity index (χ1v) is 47.1. The summed E-state index contributed by atoms with van der Waals surface area (Å²) in [5.74, 6) is -4.41. The molecule has 6 aliphatic rings. The molecule has 2 fully saturated rings. The van der Waals surface area contributed by atoms with Gasteiger partial charge < -0.3 is 77.9 Å². The summed E-state index contributed by atoms with van der Waals surface area (Å²) in [6.45, 7) is 22.2. The molecule has 2 unspecified atom stereocenters. The highest BCUT2D eigenvalue weighted by Crippen LogP contribution is 2.43. The number of carboxylic acid groups (broad SMARTS) is 1. The third-order valence-corrected chi connectivity index (χ3v) is 25.0. The van der Waals surface area contributed by atoms with E-state index in [4.69, 9.17) is 90.0 Å². The first-order chi connectivity index (χ1) is 66.2. The second-order valence-electron chi connectivity index (χ2n) is 31.6. The maximum absolute atomic E-state index is 13.2. The lowest BCUT2D eigenvalue weighted by Crippen LogP contribution is -2.54. The maximum atomic E-state index is 13.2. The summed E-state index contributed by atoms with van der Waals surface area (Å²) >= 11 is 15.6. The molecule has 8 aromatic rings. The molecule has 732 valence electrons. The molecule has 137 heavy (non-hydrogen) atoms. The van der Waals surface area contributed by atoms with Crippen LogP contribution in [0.2, 0.25) is 10.0 Å². The molecule has 11 amide bonds. The summed E-state index contributed by atoms with van der Waals surface area (Å²) < 4.78 is 69.8. The highest BCUT2D eigenvalue weighted by Gasteiger charge is 2.48. The largest absolute Gasteiger partial charge is 0.483 e. The number of rotatable bonds is 49. The van der Waals surface area contributed by atoms with E-state index in [1.807, 2.05) is 71.5 Å². The molecule has 4 aromatic carbocycles. The van der Waals surface area contributed by atoms with Crippen molar-refractivity contribution < 1.29 is 119 Å². The number of amides is 11. The Morgan fingerprint density at radius 1 is 0.423 bits per heavy atom. The second kappa shape index (κ2) is 51.5. The molecule has 44 heteroatoms. The molecular formula is C93H109Cl2N15O25S2. The summed E-state index contributed by atoms with van der Waals surface area (Å²) in [5, 5.41) is 42.4. The van der Waals surface area contributed by atoms with Crippen LogP contribution >= 0.6 is 45.9 Å². The highest BCUT2D eigenvalue weighted by atomic mass is 35.5. The van der Waals surface area contributed by atoms with E-state index < -0.39 is 102 Å². The predicted octanol–water partition coefficient (Wildman–Crippen LogP) is 7.34. The van der Waals surface area contributed by atoms with E-state index in [2.05, 4.69) is 81.6 Å². The number of carbonyl (C=O) groups is 12. The van der Waals surface area contributed by atoms with Gasteiger partial charge in [-0.25, -0.2) is 0 Å². The molecule has 2 saturated heterocycles. The molecule has 10 heterocycles. The zero-order chi connectivity index (χ0) is 97.6. The molecule has 6 aliphatic heterocycles. The van der Waals surface area contributed by atoms with Crippen LogP contribution in [0.5, 0.6) is 11.5 Å². The van der Waals surface area contributed by atoms with Crippen molar-refractivity contribution in [3.63, 3.8) is 0 Å². The van der Waals surface area contributed by atoms with Crippen LogP contribution in [-0.2, 0) is 85.7 Å². The van der Waals surface area contributed by atoms with Gasteiger partial charge in [-0.1, -0.05) is 66.5 Å². The number of halogens is 2. The number of aliphatic carboxylic acids is 1. The minimum Gasteiger partial charge on any atom is -0.483 e. The third-order valence-electron chi connectivity index (χ3n) is 22.1. The molecule has 6 N–H and O–H groups in total. The molecule has 4 aromatic heterocycles. The number of fused-ring (bicyclic) bond motifs is 8. The molecule has 0 spiro atoms. The van der Waals surface area contributed by atoms with Crippen LogP contribution in [0.3, 0.4) is 0 Å². The number of thiophene rings is 2. The Hall–Kier alpha value is -11.9. The monoisotopic (exact) mass is 1970 g/mol. The summed E-state index contributed by atoms with van der Waals surface area (Å²) in [4.78, 5) is 163. The number of aliphatic imine (C=N–C) groups is 2. The molecule has 0 bridgehead atoms. The first-order valence-electron chi connectivity index (χ1n) is 44.7. The smallest absolute Gasteiger partial charge is 0.306 e. The lowest BCUT2D eigenvalue weighted by atomic mass is 9.99. The summed E-state index contributed by atoms with van der Waals surface area (Å²) in [6.07, 6.45) is 1.02. The van der Waals surface area contributed by atoms with Gasteiger partial charge in [-0.2, -0.15) is 0 Å². The van der Waals surface area contributed by atoms with Crippen LogP contribution in [0.15, 0.2) is 94.9 Å². The molecule has 0 aliphatic carbocycles. The van der Waals surface area contributed by atoms with E-state index >= 15 is 0 Å². The minimum absolute atomic E-state index is 0.00304.